The maximum absolute atomic E-state index is 13.7. The minimum Gasteiger partial charge on any atom is -0.469 e. The van der Waals surface area contributed by atoms with Gasteiger partial charge in [-0.15, -0.1) is 0 Å². The highest BCUT2D eigenvalue weighted by Gasteiger charge is 2.37. The van der Waals surface area contributed by atoms with E-state index in [0.717, 1.165) is 17.0 Å². The second-order valence-electron chi connectivity index (χ2n) is 4.55. The van der Waals surface area contributed by atoms with Crippen molar-refractivity contribution < 1.29 is 23.6 Å². The van der Waals surface area contributed by atoms with Crippen molar-refractivity contribution >= 4 is 28.9 Å². The molecule has 1 aliphatic heterocycles. The number of nitro groups is 1. The molecule has 1 saturated heterocycles. The first-order valence-corrected chi connectivity index (χ1v) is 5.96. The number of methoxy groups -OCH3 is 1. The Balaban J connectivity index is 2.35. The molecule has 8 nitrogen and oxygen atoms in total. The molecule has 1 aromatic carbocycles. The minimum atomic E-state index is -1.10. The first-order valence-electron chi connectivity index (χ1n) is 5.96. The van der Waals surface area contributed by atoms with E-state index in [1.54, 1.807) is 0 Å². The van der Waals surface area contributed by atoms with E-state index in [2.05, 4.69) is 4.74 Å². The Bertz CT molecular complexity index is 634. The number of carbonyl (C=O) groups is 2. The average molecular weight is 297 g/mol. The van der Waals surface area contributed by atoms with Crippen molar-refractivity contribution in [3.63, 3.8) is 0 Å². The van der Waals surface area contributed by atoms with Crippen molar-refractivity contribution in [3.05, 3.63) is 28.1 Å². The standard InChI is InChI=1S/C12H12FN3O5/c1-21-12(18)6-2-11(17)15(5-6)10-3-7(13)9(16(19)20)4-8(10)14/h3-4,6H,2,5,14H2,1H3. The van der Waals surface area contributed by atoms with Gasteiger partial charge in [0.15, 0.2) is 0 Å². The number of nitrogens with two attached hydrogens (primary N) is 1. The SMILES string of the molecule is COC(=O)C1CC(=O)N(c2cc(F)c([N+](=O)[O-])cc2N)C1. The van der Waals surface area contributed by atoms with E-state index >= 15 is 0 Å². The van der Waals surface area contributed by atoms with Crippen LogP contribution in [0.15, 0.2) is 12.1 Å². The molecule has 0 bridgehead atoms. The van der Waals surface area contributed by atoms with Crippen LogP contribution in [0.5, 0.6) is 0 Å². The number of nitrogen functional groups attached to an aromatic ring is 1. The number of rotatable bonds is 3. The number of hydrogen-bond acceptors (Lipinski definition) is 6. The topological polar surface area (TPSA) is 116 Å². The second-order valence-corrected chi connectivity index (χ2v) is 4.55. The third kappa shape index (κ3) is 2.62. The monoisotopic (exact) mass is 297 g/mol. The molecule has 2 rings (SSSR count). The lowest BCUT2D eigenvalue weighted by Gasteiger charge is -2.18. The van der Waals surface area contributed by atoms with Crippen molar-refractivity contribution in [1.82, 2.24) is 0 Å². The molecule has 1 unspecified atom stereocenters. The molecule has 0 radical (unpaired) electrons. The van der Waals surface area contributed by atoms with E-state index < -0.39 is 34.2 Å². The molecular weight excluding hydrogens is 285 g/mol. The molecule has 0 aliphatic carbocycles. The van der Waals surface area contributed by atoms with Crippen LogP contribution in [0, 0.1) is 21.8 Å². The lowest BCUT2D eigenvalue weighted by atomic mass is 10.1. The second kappa shape index (κ2) is 5.35. The summed E-state index contributed by atoms with van der Waals surface area (Å²) in [4.78, 5) is 34.2. The van der Waals surface area contributed by atoms with Gasteiger partial charge in [0.1, 0.15) is 0 Å². The van der Waals surface area contributed by atoms with Gasteiger partial charge in [-0.3, -0.25) is 19.7 Å². The number of hydrogen-bond donors (Lipinski definition) is 1. The lowest BCUT2D eigenvalue weighted by Crippen LogP contribution is -2.27. The molecule has 21 heavy (non-hydrogen) atoms. The predicted octanol–water partition coefficient (Wildman–Crippen LogP) is 0.842. The number of amides is 1. The normalized spacial score (nSPS) is 17.9. The molecule has 0 aromatic heterocycles. The maximum Gasteiger partial charge on any atom is 0.311 e. The summed E-state index contributed by atoms with van der Waals surface area (Å²) in [5.41, 5.74) is 4.77. The molecular formula is C12H12FN3O5. The number of ether oxygens (including phenoxy) is 1. The molecule has 1 aliphatic rings. The third-order valence-corrected chi connectivity index (χ3v) is 3.24. The Hall–Kier alpha value is -2.71. The first kappa shape index (κ1) is 14.7. The number of esters is 1. The molecule has 1 aromatic rings. The molecule has 2 N–H and O–H groups in total. The van der Waals surface area contributed by atoms with Crippen LogP contribution in [0.3, 0.4) is 0 Å². The minimum absolute atomic E-state index is 0.00699. The maximum atomic E-state index is 13.7. The Morgan fingerprint density at radius 3 is 2.81 bits per heavy atom. The summed E-state index contributed by atoms with van der Waals surface area (Å²) in [5, 5.41) is 10.6. The number of benzene rings is 1. The van der Waals surface area contributed by atoms with Crippen LogP contribution in [-0.2, 0) is 14.3 Å². The zero-order valence-electron chi connectivity index (χ0n) is 11.0. The third-order valence-electron chi connectivity index (χ3n) is 3.24. The van der Waals surface area contributed by atoms with Crippen LogP contribution >= 0.6 is 0 Å². The highest BCUT2D eigenvalue weighted by atomic mass is 19.1. The highest BCUT2D eigenvalue weighted by Crippen LogP contribution is 2.34. The van der Waals surface area contributed by atoms with Gasteiger partial charge in [0.2, 0.25) is 11.7 Å². The van der Waals surface area contributed by atoms with Gasteiger partial charge in [0, 0.05) is 25.1 Å². The van der Waals surface area contributed by atoms with Crippen molar-refractivity contribution in [2.75, 3.05) is 24.3 Å². The van der Waals surface area contributed by atoms with E-state index in [1.807, 2.05) is 0 Å². The zero-order valence-corrected chi connectivity index (χ0v) is 11.0. The van der Waals surface area contributed by atoms with Crippen LogP contribution in [0.2, 0.25) is 0 Å². The van der Waals surface area contributed by atoms with E-state index in [0.29, 0.717) is 0 Å². The van der Waals surface area contributed by atoms with Crippen LogP contribution in [-0.4, -0.2) is 30.5 Å². The fourth-order valence-corrected chi connectivity index (χ4v) is 2.21. The summed E-state index contributed by atoms with van der Waals surface area (Å²) in [6.07, 6.45) is -0.0787. The smallest absolute Gasteiger partial charge is 0.311 e. The van der Waals surface area contributed by atoms with Crippen molar-refractivity contribution in [3.8, 4) is 0 Å². The van der Waals surface area contributed by atoms with Crippen LogP contribution < -0.4 is 10.6 Å². The molecule has 0 saturated carbocycles. The summed E-state index contributed by atoms with van der Waals surface area (Å²) in [7, 11) is 1.20. The van der Waals surface area contributed by atoms with Gasteiger partial charge >= 0.3 is 11.7 Å². The van der Waals surface area contributed by atoms with Gasteiger partial charge in [-0.1, -0.05) is 0 Å². The van der Waals surface area contributed by atoms with Crippen LogP contribution in [0.1, 0.15) is 6.42 Å². The zero-order chi connectivity index (χ0) is 15.7. The molecule has 1 atom stereocenters. The lowest BCUT2D eigenvalue weighted by molar-refractivity contribution is -0.387. The van der Waals surface area contributed by atoms with Crippen molar-refractivity contribution in [2.45, 2.75) is 6.42 Å². The first-order chi connectivity index (χ1) is 9.85. The summed E-state index contributed by atoms with van der Waals surface area (Å²) in [6.45, 7) is -0.00699. The van der Waals surface area contributed by atoms with Crippen molar-refractivity contribution in [1.29, 1.82) is 0 Å². The van der Waals surface area contributed by atoms with E-state index in [1.165, 1.54) is 7.11 Å². The molecule has 0 spiro atoms. The Morgan fingerprint density at radius 1 is 1.57 bits per heavy atom. The molecule has 9 heteroatoms. The predicted molar refractivity (Wildman–Crippen MR) is 69.9 cm³/mol. The highest BCUT2D eigenvalue weighted by molar-refractivity contribution is 6.01. The summed E-state index contributed by atoms with van der Waals surface area (Å²) >= 11 is 0. The number of nitro benzene ring substituents is 1. The molecule has 1 heterocycles. The van der Waals surface area contributed by atoms with Gasteiger partial charge in [-0.05, 0) is 0 Å². The summed E-state index contributed by atoms with van der Waals surface area (Å²) in [5.74, 6) is -2.74. The summed E-state index contributed by atoms with van der Waals surface area (Å²) in [6, 6.07) is 1.68. The Kier molecular flexibility index (Phi) is 3.74. The largest absolute Gasteiger partial charge is 0.469 e. The van der Waals surface area contributed by atoms with Crippen LogP contribution in [0.25, 0.3) is 0 Å². The van der Waals surface area contributed by atoms with Gasteiger partial charge in [-0.2, -0.15) is 4.39 Å². The fraction of sp³-hybridized carbons (Fsp3) is 0.333. The van der Waals surface area contributed by atoms with Crippen molar-refractivity contribution in [2.24, 2.45) is 5.92 Å². The number of carbonyl (C=O) groups excluding carboxylic acids is 2. The van der Waals surface area contributed by atoms with Gasteiger partial charge in [-0.25, -0.2) is 0 Å². The molecule has 1 fully saturated rings. The average Bonchev–Trinajstić information content (AvgIpc) is 2.81. The Morgan fingerprint density at radius 2 is 2.24 bits per heavy atom. The van der Waals surface area contributed by atoms with E-state index in [-0.39, 0.29) is 24.3 Å². The Labute approximate surface area is 118 Å². The number of anilines is 2. The fourth-order valence-electron chi connectivity index (χ4n) is 2.21. The molecule has 1 amide bonds. The van der Waals surface area contributed by atoms with Crippen LogP contribution in [0.4, 0.5) is 21.5 Å². The van der Waals surface area contributed by atoms with Gasteiger partial charge in [0.05, 0.1) is 29.3 Å². The number of nitrogens with zero attached hydrogens (tertiary/aromatic N) is 2. The van der Waals surface area contributed by atoms with E-state index in [9.17, 15) is 24.1 Å². The molecule has 112 valence electrons. The van der Waals surface area contributed by atoms with E-state index in [4.69, 9.17) is 5.73 Å². The van der Waals surface area contributed by atoms with Gasteiger partial charge < -0.3 is 15.4 Å². The van der Waals surface area contributed by atoms with Gasteiger partial charge in [0.25, 0.3) is 0 Å². The quantitative estimate of drug-likeness (QED) is 0.382. The summed E-state index contributed by atoms with van der Waals surface area (Å²) < 4.78 is 18.2. The number of halogens is 1.